The van der Waals surface area contributed by atoms with Crippen molar-refractivity contribution in [3.63, 3.8) is 0 Å². The van der Waals surface area contributed by atoms with Gasteiger partial charge in [-0.15, -0.1) is 0 Å². The summed E-state index contributed by atoms with van der Waals surface area (Å²) in [6, 6.07) is 7.99. The minimum absolute atomic E-state index is 0.111. The molecule has 2 saturated heterocycles. The number of aromatic nitrogens is 1. The van der Waals surface area contributed by atoms with Gasteiger partial charge in [-0.25, -0.2) is 9.59 Å². The second-order valence-electron chi connectivity index (χ2n) is 8.21. The Labute approximate surface area is 206 Å². The van der Waals surface area contributed by atoms with Crippen LogP contribution in [0.5, 0.6) is 0 Å². The zero-order valence-electron chi connectivity index (χ0n) is 19.1. The molecule has 1 amide bonds. The van der Waals surface area contributed by atoms with E-state index >= 15 is 0 Å². The lowest BCUT2D eigenvalue weighted by Gasteiger charge is -2.42. The number of nitrogens with one attached hydrogen (secondary N) is 1. The topological polar surface area (TPSA) is 133 Å². The molecule has 2 fully saturated rings. The van der Waals surface area contributed by atoms with Gasteiger partial charge in [-0.3, -0.25) is 14.7 Å². The van der Waals surface area contributed by atoms with Crippen molar-refractivity contribution in [2.24, 2.45) is 0 Å². The van der Waals surface area contributed by atoms with Gasteiger partial charge >= 0.3 is 24.3 Å². The number of hydrogen-bond donors (Lipinski definition) is 3. The fraction of sp³-hybridized carbons (Fsp3) is 0.455. The smallest absolute Gasteiger partial charge is 0.475 e. The van der Waals surface area contributed by atoms with Gasteiger partial charge in [0.15, 0.2) is 0 Å². The van der Waals surface area contributed by atoms with Crippen molar-refractivity contribution < 1.29 is 55.4 Å². The SMILES string of the molecule is O=C(O)C(F)(F)F.O=C(O)C(F)(F)F.O=C1CC(c2cccnc2)C2(CCN(Cc3ccco3)CC2)N1. The number of hydrogen-bond acceptors (Lipinski definition) is 6. The summed E-state index contributed by atoms with van der Waals surface area (Å²) in [5, 5.41) is 17.5. The van der Waals surface area contributed by atoms with Gasteiger partial charge in [-0.2, -0.15) is 26.3 Å². The minimum atomic E-state index is -5.08. The van der Waals surface area contributed by atoms with E-state index < -0.39 is 24.3 Å². The van der Waals surface area contributed by atoms with Gasteiger partial charge in [-0.05, 0) is 36.6 Å². The van der Waals surface area contributed by atoms with Crippen molar-refractivity contribution in [3.05, 3.63) is 54.2 Å². The fourth-order valence-electron chi connectivity index (χ4n) is 4.02. The molecule has 15 heteroatoms. The van der Waals surface area contributed by atoms with E-state index in [1.807, 2.05) is 24.4 Å². The third kappa shape index (κ3) is 8.77. The van der Waals surface area contributed by atoms with Crippen molar-refractivity contribution in [1.82, 2.24) is 15.2 Å². The maximum Gasteiger partial charge on any atom is 0.490 e. The Bertz CT molecular complexity index is 1010. The van der Waals surface area contributed by atoms with Gasteiger partial charge in [0, 0.05) is 43.4 Å². The molecule has 37 heavy (non-hydrogen) atoms. The van der Waals surface area contributed by atoms with E-state index in [4.69, 9.17) is 24.2 Å². The molecule has 2 aromatic rings. The second kappa shape index (κ2) is 12.1. The summed E-state index contributed by atoms with van der Waals surface area (Å²) in [4.78, 5) is 36.5. The highest BCUT2D eigenvalue weighted by molar-refractivity contribution is 5.81. The number of rotatable bonds is 3. The van der Waals surface area contributed by atoms with Crippen LogP contribution in [0, 0.1) is 0 Å². The Morgan fingerprint density at radius 3 is 2.05 bits per heavy atom. The van der Waals surface area contributed by atoms with E-state index in [-0.39, 0.29) is 17.4 Å². The van der Waals surface area contributed by atoms with E-state index in [1.165, 1.54) is 5.56 Å². The molecular weight excluding hydrogens is 516 g/mol. The van der Waals surface area contributed by atoms with E-state index in [9.17, 15) is 31.1 Å². The van der Waals surface area contributed by atoms with Crippen LogP contribution in [0.3, 0.4) is 0 Å². The number of carbonyl (C=O) groups excluding carboxylic acids is 1. The molecular formula is C22H23F6N3O6. The van der Waals surface area contributed by atoms with Gasteiger partial charge in [0.25, 0.3) is 0 Å². The summed E-state index contributed by atoms with van der Waals surface area (Å²) in [5.74, 6) is -4.12. The molecule has 9 nitrogen and oxygen atoms in total. The lowest BCUT2D eigenvalue weighted by Crippen LogP contribution is -2.53. The highest BCUT2D eigenvalue weighted by atomic mass is 19.4. The number of pyridine rings is 1. The normalized spacial score (nSPS) is 19.2. The van der Waals surface area contributed by atoms with Crippen LogP contribution in [-0.2, 0) is 20.9 Å². The summed E-state index contributed by atoms with van der Waals surface area (Å²) in [6.07, 6.45) is -2.24. The molecule has 0 bridgehead atoms. The molecule has 0 saturated carbocycles. The van der Waals surface area contributed by atoms with Gasteiger partial charge in [0.2, 0.25) is 5.91 Å². The number of carboxylic acids is 2. The molecule has 2 aliphatic heterocycles. The number of halogens is 6. The number of furan rings is 1. The molecule has 204 valence electrons. The lowest BCUT2D eigenvalue weighted by atomic mass is 9.75. The molecule has 4 rings (SSSR count). The zero-order valence-corrected chi connectivity index (χ0v) is 19.1. The third-order valence-electron chi connectivity index (χ3n) is 5.72. The van der Waals surface area contributed by atoms with E-state index in [0.29, 0.717) is 6.42 Å². The Kier molecular flexibility index (Phi) is 9.67. The first-order valence-electron chi connectivity index (χ1n) is 10.7. The number of nitrogens with zero attached hydrogens (tertiary/aromatic N) is 2. The van der Waals surface area contributed by atoms with Gasteiger partial charge in [0.1, 0.15) is 5.76 Å². The summed E-state index contributed by atoms with van der Waals surface area (Å²) < 4.78 is 68.9. The summed E-state index contributed by atoms with van der Waals surface area (Å²) in [5.41, 5.74) is 1.06. The van der Waals surface area contributed by atoms with Crippen LogP contribution in [0.15, 0.2) is 47.3 Å². The highest BCUT2D eigenvalue weighted by Gasteiger charge is 2.48. The van der Waals surface area contributed by atoms with Crippen LogP contribution in [0.2, 0.25) is 0 Å². The maximum absolute atomic E-state index is 12.1. The number of amides is 1. The van der Waals surface area contributed by atoms with Crippen molar-refractivity contribution >= 4 is 17.8 Å². The van der Waals surface area contributed by atoms with Crippen molar-refractivity contribution in [2.45, 2.75) is 49.6 Å². The molecule has 1 atom stereocenters. The number of piperidine rings is 1. The first-order chi connectivity index (χ1) is 17.1. The van der Waals surface area contributed by atoms with E-state index in [0.717, 1.165) is 38.2 Å². The Morgan fingerprint density at radius 1 is 1.05 bits per heavy atom. The minimum Gasteiger partial charge on any atom is -0.475 e. The number of carboxylic acid groups (broad SMARTS) is 2. The Morgan fingerprint density at radius 2 is 1.62 bits per heavy atom. The molecule has 2 aromatic heterocycles. The van der Waals surface area contributed by atoms with Crippen LogP contribution in [0.25, 0.3) is 0 Å². The molecule has 0 aliphatic carbocycles. The number of carbonyl (C=O) groups is 3. The fourth-order valence-corrected chi connectivity index (χ4v) is 4.02. The average molecular weight is 539 g/mol. The maximum atomic E-state index is 12.1. The molecule has 0 aromatic carbocycles. The predicted molar refractivity (Wildman–Crippen MR) is 113 cm³/mol. The highest BCUT2D eigenvalue weighted by Crippen LogP contribution is 2.43. The summed E-state index contributed by atoms with van der Waals surface area (Å²) in [6.45, 7) is 2.78. The Balaban J connectivity index is 0.000000286. The third-order valence-corrected chi connectivity index (χ3v) is 5.72. The van der Waals surface area contributed by atoms with Gasteiger partial charge in [-0.1, -0.05) is 6.07 Å². The summed E-state index contributed by atoms with van der Waals surface area (Å²) >= 11 is 0. The zero-order chi connectivity index (χ0) is 27.9. The number of aliphatic carboxylic acids is 2. The number of likely N-dealkylation sites (tertiary alicyclic amines) is 1. The van der Waals surface area contributed by atoms with E-state index in [2.05, 4.69) is 21.3 Å². The van der Waals surface area contributed by atoms with Crippen LogP contribution in [0.1, 0.15) is 36.5 Å². The molecule has 3 N–H and O–H groups in total. The first kappa shape index (κ1) is 29.6. The second-order valence-corrected chi connectivity index (χ2v) is 8.21. The van der Waals surface area contributed by atoms with Crippen molar-refractivity contribution in [3.8, 4) is 0 Å². The monoisotopic (exact) mass is 539 g/mol. The first-order valence-corrected chi connectivity index (χ1v) is 10.7. The molecule has 1 unspecified atom stereocenters. The van der Waals surface area contributed by atoms with Gasteiger partial charge in [0.05, 0.1) is 12.8 Å². The summed E-state index contributed by atoms with van der Waals surface area (Å²) in [7, 11) is 0. The van der Waals surface area contributed by atoms with Crippen molar-refractivity contribution in [2.75, 3.05) is 13.1 Å². The largest absolute Gasteiger partial charge is 0.490 e. The Hall–Kier alpha value is -3.62. The van der Waals surface area contributed by atoms with Crippen LogP contribution >= 0.6 is 0 Å². The molecule has 0 radical (unpaired) electrons. The quantitative estimate of drug-likeness (QED) is 0.505. The van der Waals surface area contributed by atoms with Crippen molar-refractivity contribution in [1.29, 1.82) is 0 Å². The predicted octanol–water partition coefficient (Wildman–Crippen LogP) is 3.58. The van der Waals surface area contributed by atoms with Crippen LogP contribution in [0.4, 0.5) is 26.3 Å². The standard InChI is InChI=1S/C18H21N3O2.2C2HF3O2/c22-17-11-16(14-3-1-7-19-12-14)18(20-17)5-8-21(9-6-18)13-15-4-2-10-23-15;2*3-2(4,5)1(6)7/h1-4,7,10,12,16H,5-6,8-9,11,13H2,(H,20,22);2*(H,6,7). The molecule has 4 heterocycles. The molecule has 2 aliphatic rings. The molecule has 1 spiro atoms. The van der Waals surface area contributed by atoms with E-state index in [1.54, 1.807) is 12.5 Å². The lowest BCUT2D eigenvalue weighted by molar-refractivity contribution is -0.193. The van der Waals surface area contributed by atoms with Crippen LogP contribution in [-0.4, -0.2) is 68.9 Å². The van der Waals surface area contributed by atoms with Crippen LogP contribution < -0.4 is 5.32 Å². The average Bonchev–Trinajstić information content (AvgIpc) is 3.43. The number of alkyl halides is 6. The van der Waals surface area contributed by atoms with Gasteiger partial charge < -0.3 is 19.9 Å².